The second-order valence-corrected chi connectivity index (χ2v) is 3.71. The van der Waals surface area contributed by atoms with E-state index < -0.39 is 10.9 Å². The van der Waals surface area contributed by atoms with Gasteiger partial charge < -0.3 is 4.74 Å². The summed E-state index contributed by atoms with van der Waals surface area (Å²) in [5.41, 5.74) is 0.0565. The number of hydrogen-bond acceptors (Lipinski definition) is 4. The zero-order valence-corrected chi connectivity index (χ0v) is 9.71. The number of esters is 1. The van der Waals surface area contributed by atoms with Crippen LogP contribution in [0.25, 0.3) is 0 Å². The van der Waals surface area contributed by atoms with Crippen LogP contribution < -0.4 is 0 Å². The molecule has 0 fully saturated rings. The largest absolute Gasteiger partial charge is 0.469 e. The van der Waals surface area contributed by atoms with Gasteiger partial charge in [-0.3, -0.25) is 14.9 Å². The SMILES string of the molecule is COC(=O)Cc1cc(Cl)c(Cl)c([N+](=O)[O-])c1. The first-order valence-electron chi connectivity index (χ1n) is 4.15. The summed E-state index contributed by atoms with van der Waals surface area (Å²) < 4.78 is 4.44. The number of rotatable bonds is 3. The molecule has 0 aliphatic heterocycles. The molecule has 0 heterocycles. The summed E-state index contributed by atoms with van der Waals surface area (Å²) in [6.45, 7) is 0. The topological polar surface area (TPSA) is 69.4 Å². The first kappa shape index (κ1) is 12.7. The molecule has 1 aromatic rings. The lowest BCUT2D eigenvalue weighted by Crippen LogP contribution is -2.05. The van der Waals surface area contributed by atoms with Crippen LogP contribution in [0, 0.1) is 10.1 Å². The predicted octanol–water partition coefficient (Wildman–Crippen LogP) is 2.62. The first-order chi connectivity index (χ1) is 7.45. The average Bonchev–Trinajstić information content (AvgIpc) is 2.22. The molecule has 16 heavy (non-hydrogen) atoms. The fourth-order valence-electron chi connectivity index (χ4n) is 1.10. The van der Waals surface area contributed by atoms with Gasteiger partial charge >= 0.3 is 5.97 Å². The number of nitro groups is 1. The van der Waals surface area contributed by atoms with E-state index in [9.17, 15) is 14.9 Å². The Morgan fingerprint density at radius 2 is 2.12 bits per heavy atom. The Morgan fingerprint density at radius 1 is 1.50 bits per heavy atom. The number of carbonyl (C=O) groups excluding carboxylic acids is 1. The van der Waals surface area contributed by atoms with Gasteiger partial charge in [-0.05, 0) is 11.6 Å². The number of hydrogen-bond donors (Lipinski definition) is 0. The summed E-state index contributed by atoms with van der Waals surface area (Å²) in [5, 5.41) is 10.5. The smallest absolute Gasteiger partial charge is 0.309 e. The molecule has 0 saturated heterocycles. The minimum atomic E-state index is -0.658. The van der Waals surface area contributed by atoms with E-state index in [1.807, 2.05) is 0 Å². The van der Waals surface area contributed by atoms with Crippen molar-refractivity contribution in [1.82, 2.24) is 0 Å². The van der Waals surface area contributed by atoms with Crippen LogP contribution in [0.1, 0.15) is 5.56 Å². The van der Waals surface area contributed by atoms with Gasteiger partial charge in [-0.2, -0.15) is 0 Å². The molecule has 7 heteroatoms. The summed E-state index contributed by atoms with van der Waals surface area (Å²) in [5.74, 6) is -0.507. The van der Waals surface area contributed by atoms with Crippen molar-refractivity contribution in [3.8, 4) is 0 Å². The second kappa shape index (κ2) is 5.14. The number of ether oxygens (including phenoxy) is 1. The number of methoxy groups -OCH3 is 1. The second-order valence-electron chi connectivity index (χ2n) is 2.92. The van der Waals surface area contributed by atoms with E-state index in [0.29, 0.717) is 5.56 Å². The van der Waals surface area contributed by atoms with Crippen molar-refractivity contribution in [3.63, 3.8) is 0 Å². The molecular weight excluding hydrogens is 257 g/mol. The molecule has 0 N–H and O–H groups in total. The van der Waals surface area contributed by atoms with Gasteiger partial charge in [0.2, 0.25) is 0 Å². The van der Waals surface area contributed by atoms with Gasteiger partial charge in [0, 0.05) is 6.07 Å². The van der Waals surface area contributed by atoms with Crippen LogP contribution in [0.15, 0.2) is 12.1 Å². The number of carbonyl (C=O) groups is 1. The minimum absolute atomic E-state index is 0.0368. The van der Waals surface area contributed by atoms with Crippen LogP contribution in [0.3, 0.4) is 0 Å². The quantitative estimate of drug-likeness (QED) is 0.478. The molecule has 0 bridgehead atoms. The molecule has 1 rings (SSSR count). The predicted molar refractivity (Wildman–Crippen MR) is 58.8 cm³/mol. The summed E-state index contributed by atoms with van der Waals surface area (Å²) in [4.78, 5) is 21.0. The monoisotopic (exact) mass is 263 g/mol. The van der Waals surface area contributed by atoms with Crippen LogP contribution in [0.4, 0.5) is 5.69 Å². The highest BCUT2D eigenvalue weighted by Crippen LogP contribution is 2.33. The highest BCUT2D eigenvalue weighted by Gasteiger charge is 2.18. The molecule has 0 atom stereocenters. The van der Waals surface area contributed by atoms with Crippen molar-refractivity contribution in [2.45, 2.75) is 6.42 Å². The van der Waals surface area contributed by atoms with Crippen molar-refractivity contribution in [1.29, 1.82) is 0 Å². The fraction of sp³-hybridized carbons (Fsp3) is 0.222. The molecule has 1 aromatic carbocycles. The fourth-order valence-corrected chi connectivity index (χ4v) is 1.52. The van der Waals surface area contributed by atoms with E-state index in [-0.39, 0.29) is 22.2 Å². The molecule has 0 aromatic heterocycles. The maximum atomic E-state index is 11.0. The van der Waals surface area contributed by atoms with E-state index >= 15 is 0 Å². The van der Waals surface area contributed by atoms with Crippen LogP contribution in [0.5, 0.6) is 0 Å². The Labute approximate surface area is 101 Å². The third-order valence-electron chi connectivity index (χ3n) is 1.84. The Balaban J connectivity index is 3.14. The highest BCUT2D eigenvalue weighted by molar-refractivity contribution is 6.43. The molecule has 0 aliphatic rings. The summed E-state index contributed by atoms with van der Waals surface area (Å²) >= 11 is 11.3. The van der Waals surface area contributed by atoms with E-state index in [0.717, 1.165) is 0 Å². The highest BCUT2D eigenvalue weighted by atomic mass is 35.5. The van der Waals surface area contributed by atoms with E-state index in [2.05, 4.69) is 4.74 Å². The molecule has 0 radical (unpaired) electrons. The normalized spacial score (nSPS) is 9.94. The van der Waals surface area contributed by atoms with E-state index in [4.69, 9.17) is 23.2 Å². The Morgan fingerprint density at radius 3 is 2.62 bits per heavy atom. The molecule has 0 aliphatic carbocycles. The standard InChI is InChI=1S/C9H7Cl2NO4/c1-16-8(13)4-5-2-6(10)9(11)7(3-5)12(14)15/h2-3H,4H2,1H3. The summed E-state index contributed by atoms with van der Waals surface area (Å²) in [7, 11) is 1.23. The van der Waals surface area contributed by atoms with Gasteiger partial charge in [-0.1, -0.05) is 23.2 Å². The zero-order valence-electron chi connectivity index (χ0n) is 8.20. The van der Waals surface area contributed by atoms with E-state index in [1.54, 1.807) is 0 Å². The lowest BCUT2D eigenvalue weighted by molar-refractivity contribution is -0.384. The minimum Gasteiger partial charge on any atom is -0.469 e. The van der Waals surface area contributed by atoms with Gasteiger partial charge in [-0.25, -0.2) is 0 Å². The summed E-state index contributed by atoms with van der Waals surface area (Å²) in [6, 6.07) is 2.60. The molecular formula is C9H7Cl2NO4. The van der Waals surface area contributed by atoms with Crippen molar-refractivity contribution in [2.75, 3.05) is 7.11 Å². The first-order valence-corrected chi connectivity index (χ1v) is 4.90. The van der Waals surface area contributed by atoms with Crippen molar-refractivity contribution in [2.24, 2.45) is 0 Å². The number of halogens is 2. The molecule has 0 saturated carbocycles. The maximum Gasteiger partial charge on any atom is 0.309 e. The van der Waals surface area contributed by atoms with Crippen molar-refractivity contribution in [3.05, 3.63) is 37.9 Å². The van der Waals surface area contributed by atoms with E-state index in [1.165, 1.54) is 19.2 Å². The lowest BCUT2D eigenvalue weighted by atomic mass is 10.1. The number of nitro benzene ring substituents is 1. The van der Waals surface area contributed by atoms with Crippen LogP contribution in [-0.2, 0) is 16.0 Å². The van der Waals surface area contributed by atoms with Gasteiger partial charge in [0.05, 0.1) is 23.5 Å². The molecule has 0 unspecified atom stereocenters. The molecule has 0 spiro atoms. The van der Waals surface area contributed by atoms with Crippen molar-refractivity contribution >= 4 is 34.9 Å². The number of benzene rings is 1. The van der Waals surface area contributed by atoms with Gasteiger partial charge in [0.1, 0.15) is 5.02 Å². The zero-order chi connectivity index (χ0) is 12.3. The average molecular weight is 264 g/mol. The third-order valence-corrected chi connectivity index (χ3v) is 2.63. The maximum absolute atomic E-state index is 11.0. The van der Waals surface area contributed by atoms with Gasteiger partial charge in [-0.15, -0.1) is 0 Å². The Hall–Kier alpha value is -1.33. The Kier molecular flexibility index (Phi) is 4.09. The van der Waals surface area contributed by atoms with Crippen molar-refractivity contribution < 1.29 is 14.5 Å². The van der Waals surface area contributed by atoms with Crippen LogP contribution in [0.2, 0.25) is 10.0 Å². The lowest BCUT2D eigenvalue weighted by Gasteiger charge is -2.03. The summed E-state index contributed by atoms with van der Waals surface area (Å²) in [6.07, 6.45) is -0.0891. The third kappa shape index (κ3) is 2.84. The number of nitrogens with zero attached hydrogens (tertiary/aromatic N) is 1. The van der Waals surface area contributed by atoms with Gasteiger partial charge in [0.15, 0.2) is 0 Å². The molecule has 5 nitrogen and oxygen atoms in total. The van der Waals surface area contributed by atoms with Crippen LogP contribution >= 0.6 is 23.2 Å². The molecule has 0 amide bonds. The molecule has 86 valence electrons. The van der Waals surface area contributed by atoms with Crippen LogP contribution in [-0.4, -0.2) is 18.0 Å². The Bertz CT molecular complexity index is 447. The van der Waals surface area contributed by atoms with Gasteiger partial charge in [0.25, 0.3) is 5.69 Å².